The SMILES string of the molecule is O=S1(=O)CCC(Nc2c(F)cccc2Br)c2ccccc21. The van der Waals surface area contributed by atoms with Crippen LogP contribution in [-0.4, -0.2) is 14.2 Å². The van der Waals surface area contributed by atoms with Crippen molar-refractivity contribution in [1.82, 2.24) is 0 Å². The molecule has 0 aromatic heterocycles. The maximum absolute atomic E-state index is 13.9. The highest BCUT2D eigenvalue weighted by molar-refractivity contribution is 9.10. The second-order valence-electron chi connectivity index (χ2n) is 4.94. The maximum atomic E-state index is 13.9. The van der Waals surface area contributed by atoms with Crippen LogP contribution in [0.1, 0.15) is 18.0 Å². The van der Waals surface area contributed by atoms with Gasteiger partial charge in [-0.25, -0.2) is 12.8 Å². The van der Waals surface area contributed by atoms with E-state index in [1.807, 2.05) is 0 Å². The third kappa shape index (κ3) is 2.70. The van der Waals surface area contributed by atoms with Gasteiger partial charge in [0.15, 0.2) is 9.84 Å². The molecule has 0 aliphatic carbocycles. The number of rotatable bonds is 2. The molecule has 110 valence electrons. The molecule has 0 fully saturated rings. The van der Waals surface area contributed by atoms with Crippen LogP contribution in [0.3, 0.4) is 0 Å². The van der Waals surface area contributed by atoms with Gasteiger partial charge in [0.2, 0.25) is 0 Å². The third-order valence-electron chi connectivity index (χ3n) is 3.59. The first-order chi connectivity index (χ1) is 9.99. The molecule has 2 aromatic rings. The number of fused-ring (bicyclic) bond motifs is 1. The molecule has 0 spiro atoms. The van der Waals surface area contributed by atoms with Crippen LogP contribution in [-0.2, 0) is 9.84 Å². The van der Waals surface area contributed by atoms with Gasteiger partial charge in [0.05, 0.1) is 22.4 Å². The lowest BCUT2D eigenvalue weighted by molar-refractivity contribution is 0.574. The molecule has 2 aromatic carbocycles. The predicted octanol–water partition coefficient (Wildman–Crippen LogP) is 3.92. The van der Waals surface area contributed by atoms with Crippen LogP contribution in [0, 0.1) is 5.82 Å². The van der Waals surface area contributed by atoms with Crippen molar-refractivity contribution in [2.75, 3.05) is 11.1 Å². The summed E-state index contributed by atoms with van der Waals surface area (Å²) in [5.74, 6) is -0.302. The second-order valence-corrected chi connectivity index (χ2v) is 7.87. The van der Waals surface area contributed by atoms with Crippen LogP contribution in [0.15, 0.2) is 51.8 Å². The van der Waals surface area contributed by atoms with Gasteiger partial charge in [-0.15, -0.1) is 0 Å². The van der Waals surface area contributed by atoms with Crippen molar-refractivity contribution < 1.29 is 12.8 Å². The molecule has 6 heteroatoms. The highest BCUT2D eigenvalue weighted by atomic mass is 79.9. The molecule has 0 saturated carbocycles. The first kappa shape index (κ1) is 14.5. The van der Waals surface area contributed by atoms with Gasteiger partial charge in [0, 0.05) is 4.47 Å². The van der Waals surface area contributed by atoms with Crippen LogP contribution in [0.2, 0.25) is 0 Å². The van der Waals surface area contributed by atoms with Gasteiger partial charge in [-0.05, 0) is 46.1 Å². The van der Waals surface area contributed by atoms with Crippen molar-refractivity contribution in [3.8, 4) is 0 Å². The fourth-order valence-electron chi connectivity index (χ4n) is 2.55. The van der Waals surface area contributed by atoms with Crippen molar-refractivity contribution >= 4 is 31.5 Å². The van der Waals surface area contributed by atoms with Crippen molar-refractivity contribution in [2.45, 2.75) is 17.4 Å². The van der Waals surface area contributed by atoms with Gasteiger partial charge >= 0.3 is 0 Å². The predicted molar refractivity (Wildman–Crippen MR) is 83.6 cm³/mol. The fourth-order valence-corrected chi connectivity index (χ4v) is 4.63. The van der Waals surface area contributed by atoms with Crippen LogP contribution in [0.4, 0.5) is 10.1 Å². The summed E-state index contributed by atoms with van der Waals surface area (Å²) in [5.41, 5.74) is 1.05. The zero-order valence-corrected chi connectivity index (χ0v) is 13.4. The summed E-state index contributed by atoms with van der Waals surface area (Å²) in [6.45, 7) is 0. The lowest BCUT2D eigenvalue weighted by Gasteiger charge is -2.27. The van der Waals surface area contributed by atoms with E-state index >= 15 is 0 Å². The minimum Gasteiger partial charge on any atom is -0.375 e. The highest BCUT2D eigenvalue weighted by Crippen LogP contribution is 2.36. The molecule has 0 bridgehead atoms. The maximum Gasteiger partial charge on any atom is 0.178 e. The quantitative estimate of drug-likeness (QED) is 0.872. The summed E-state index contributed by atoms with van der Waals surface area (Å²) in [6.07, 6.45) is 0.417. The summed E-state index contributed by atoms with van der Waals surface area (Å²) in [6, 6.07) is 11.4. The first-order valence-electron chi connectivity index (χ1n) is 6.51. The summed E-state index contributed by atoms with van der Waals surface area (Å²) in [5, 5.41) is 3.13. The molecule has 0 radical (unpaired) electrons. The topological polar surface area (TPSA) is 46.2 Å². The molecule has 1 N–H and O–H groups in total. The van der Waals surface area contributed by atoms with Crippen molar-refractivity contribution in [1.29, 1.82) is 0 Å². The van der Waals surface area contributed by atoms with Crippen molar-refractivity contribution in [2.24, 2.45) is 0 Å². The second kappa shape index (κ2) is 5.42. The van der Waals surface area contributed by atoms with E-state index in [0.29, 0.717) is 27.0 Å². The molecule has 3 rings (SSSR count). The number of hydrogen-bond acceptors (Lipinski definition) is 3. The van der Waals surface area contributed by atoms with Gasteiger partial charge in [-0.1, -0.05) is 24.3 Å². The fraction of sp³-hybridized carbons (Fsp3) is 0.200. The van der Waals surface area contributed by atoms with E-state index in [4.69, 9.17) is 0 Å². The summed E-state index contributed by atoms with van der Waals surface area (Å²) < 4.78 is 38.7. The normalized spacial score (nSPS) is 19.8. The van der Waals surface area contributed by atoms with Crippen molar-refractivity contribution in [3.63, 3.8) is 0 Å². The summed E-state index contributed by atoms with van der Waals surface area (Å²) in [7, 11) is -3.23. The van der Waals surface area contributed by atoms with E-state index in [9.17, 15) is 12.8 Å². The van der Waals surface area contributed by atoms with Crippen LogP contribution < -0.4 is 5.32 Å². The number of hydrogen-bond donors (Lipinski definition) is 1. The molecule has 3 nitrogen and oxygen atoms in total. The summed E-state index contributed by atoms with van der Waals surface area (Å²) in [4.78, 5) is 0.334. The Hall–Kier alpha value is -1.40. The first-order valence-corrected chi connectivity index (χ1v) is 8.96. The molecule has 1 unspecified atom stereocenters. The molecule has 0 saturated heterocycles. The number of nitrogens with one attached hydrogen (secondary N) is 1. The van der Waals surface area contributed by atoms with E-state index in [1.54, 1.807) is 36.4 Å². The Morgan fingerprint density at radius 3 is 2.67 bits per heavy atom. The van der Waals surface area contributed by atoms with Gasteiger partial charge in [-0.2, -0.15) is 0 Å². The molecular weight excluding hydrogens is 357 g/mol. The lowest BCUT2D eigenvalue weighted by Crippen LogP contribution is -2.25. The minimum atomic E-state index is -3.23. The molecule has 1 aliphatic rings. The zero-order valence-electron chi connectivity index (χ0n) is 11.0. The van der Waals surface area contributed by atoms with Crippen LogP contribution in [0.5, 0.6) is 0 Å². The molecule has 1 heterocycles. The standard InChI is InChI=1S/C15H13BrFNO2S/c16-11-5-3-6-12(17)15(11)18-13-8-9-21(19,20)14-7-2-1-4-10(13)14/h1-7,13,18H,8-9H2. The van der Waals surface area contributed by atoms with E-state index in [-0.39, 0.29) is 17.6 Å². The van der Waals surface area contributed by atoms with Crippen molar-refractivity contribution in [3.05, 3.63) is 58.3 Å². The molecule has 0 amide bonds. The van der Waals surface area contributed by atoms with E-state index in [1.165, 1.54) is 6.07 Å². The average molecular weight is 370 g/mol. The Labute approximate surface area is 131 Å². The average Bonchev–Trinajstić information content (AvgIpc) is 2.45. The Morgan fingerprint density at radius 2 is 1.90 bits per heavy atom. The number of benzene rings is 2. The molecule has 1 atom stereocenters. The number of halogens is 2. The largest absolute Gasteiger partial charge is 0.375 e. The Balaban J connectivity index is 2.02. The van der Waals surface area contributed by atoms with E-state index < -0.39 is 9.84 Å². The lowest BCUT2D eigenvalue weighted by atomic mass is 10.0. The number of anilines is 1. The van der Waals surface area contributed by atoms with Gasteiger partial charge < -0.3 is 5.32 Å². The monoisotopic (exact) mass is 369 g/mol. The van der Waals surface area contributed by atoms with Crippen LogP contribution >= 0.6 is 15.9 Å². The van der Waals surface area contributed by atoms with E-state index in [2.05, 4.69) is 21.2 Å². The number of para-hydroxylation sites is 1. The van der Waals surface area contributed by atoms with Gasteiger partial charge in [-0.3, -0.25) is 0 Å². The molecule has 21 heavy (non-hydrogen) atoms. The minimum absolute atomic E-state index is 0.0632. The number of sulfone groups is 1. The molecule has 1 aliphatic heterocycles. The zero-order chi connectivity index (χ0) is 15.0. The highest BCUT2D eigenvalue weighted by Gasteiger charge is 2.30. The Kier molecular flexibility index (Phi) is 3.75. The molecular formula is C15H13BrFNO2S. The van der Waals surface area contributed by atoms with Gasteiger partial charge in [0.25, 0.3) is 0 Å². The summed E-state index contributed by atoms with van der Waals surface area (Å²) >= 11 is 3.32. The van der Waals surface area contributed by atoms with Gasteiger partial charge in [0.1, 0.15) is 5.82 Å². The Bertz CT molecular complexity index is 772. The van der Waals surface area contributed by atoms with Crippen LogP contribution in [0.25, 0.3) is 0 Å². The third-order valence-corrected chi connectivity index (χ3v) is 6.06. The smallest absolute Gasteiger partial charge is 0.178 e. The van der Waals surface area contributed by atoms with E-state index in [0.717, 1.165) is 0 Å². The Morgan fingerprint density at radius 1 is 1.14 bits per heavy atom.